The Bertz CT molecular complexity index is 2840. The molecule has 62 heavy (non-hydrogen) atoms. The van der Waals surface area contributed by atoms with E-state index in [1.54, 1.807) is 0 Å². The van der Waals surface area contributed by atoms with Crippen molar-refractivity contribution in [1.82, 2.24) is 0 Å². The quantitative estimate of drug-likeness (QED) is 0.165. The van der Waals surface area contributed by atoms with Crippen molar-refractivity contribution in [2.24, 2.45) is 0 Å². The summed E-state index contributed by atoms with van der Waals surface area (Å²) in [7, 11) is 0. The number of anilines is 8. The lowest BCUT2D eigenvalue weighted by atomic mass is 9.33. The second-order valence-electron chi connectivity index (χ2n) is 23.3. The molecule has 314 valence electrons. The normalized spacial score (nSPS) is 22.5. The van der Waals surface area contributed by atoms with Crippen LogP contribution >= 0.6 is 0 Å². The monoisotopic (exact) mass is 814 g/mol. The highest BCUT2D eigenvalue weighted by molar-refractivity contribution is 7.00. The van der Waals surface area contributed by atoms with E-state index in [4.69, 9.17) is 0 Å². The van der Waals surface area contributed by atoms with E-state index in [0.717, 1.165) is 6.42 Å². The molecule has 0 saturated heterocycles. The first-order valence-electron chi connectivity index (χ1n) is 23.4. The molecule has 2 atom stereocenters. The lowest BCUT2D eigenvalue weighted by molar-refractivity contribution is 0.133. The molecular weight excluding hydrogens is 749 g/mol. The van der Waals surface area contributed by atoms with E-state index >= 15 is 0 Å². The summed E-state index contributed by atoms with van der Waals surface area (Å²) in [6.07, 6.45) is 4.72. The summed E-state index contributed by atoms with van der Waals surface area (Å²) in [5.41, 5.74) is 21.8. The molecule has 2 unspecified atom stereocenters. The Morgan fingerprint density at radius 3 is 1.66 bits per heavy atom. The summed E-state index contributed by atoms with van der Waals surface area (Å²) in [5, 5.41) is 0. The smallest absolute Gasteiger partial charge is 0.252 e. The largest absolute Gasteiger partial charge is 0.334 e. The molecule has 1 fully saturated rings. The number of hydrogen-bond donors (Lipinski definition) is 0. The Labute approximate surface area is 372 Å². The van der Waals surface area contributed by atoms with E-state index in [1.807, 2.05) is 0 Å². The minimum Gasteiger partial charge on any atom is -0.334 e. The maximum atomic E-state index is 2.75. The Balaban J connectivity index is 1.29. The third-order valence-corrected chi connectivity index (χ3v) is 16.7. The lowest BCUT2D eigenvalue weighted by Gasteiger charge is -2.56. The van der Waals surface area contributed by atoms with Crippen molar-refractivity contribution in [1.29, 1.82) is 0 Å². The van der Waals surface area contributed by atoms with Crippen LogP contribution in [0.5, 0.6) is 0 Å². The van der Waals surface area contributed by atoms with E-state index in [9.17, 15) is 0 Å². The van der Waals surface area contributed by atoms with Crippen molar-refractivity contribution < 1.29 is 0 Å². The molecule has 4 heteroatoms. The third-order valence-electron chi connectivity index (χ3n) is 16.7. The maximum Gasteiger partial charge on any atom is 0.252 e. The van der Waals surface area contributed by atoms with Gasteiger partial charge in [-0.1, -0.05) is 143 Å². The second kappa shape index (κ2) is 12.7. The topological polar surface area (TPSA) is 9.72 Å². The average Bonchev–Trinajstić information content (AvgIpc) is 3.36. The summed E-state index contributed by atoms with van der Waals surface area (Å²) in [5.74, 6) is 0. The van der Waals surface area contributed by atoms with Gasteiger partial charge < -0.3 is 14.7 Å². The number of nitrogens with zero attached hydrogens (tertiary/aromatic N) is 3. The van der Waals surface area contributed by atoms with Gasteiger partial charge in [-0.05, 0) is 153 Å². The van der Waals surface area contributed by atoms with Gasteiger partial charge in [-0.3, -0.25) is 0 Å². The van der Waals surface area contributed by atoms with Crippen molar-refractivity contribution in [2.75, 3.05) is 14.7 Å². The van der Waals surface area contributed by atoms with Crippen LogP contribution in [-0.2, 0) is 27.1 Å². The van der Waals surface area contributed by atoms with Gasteiger partial charge in [0.25, 0.3) is 6.71 Å². The molecule has 0 aromatic heterocycles. The van der Waals surface area contributed by atoms with Crippen LogP contribution in [0.4, 0.5) is 45.5 Å². The molecule has 0 amide bonds. The van der Waals surface area contributed by atoms with Crippen LogP contribution in [0.15, 0.2) is 121 Å². The fourth-order valence-corrected chi connectivity index (χ4v) is 12.3. The zero-order valence-electron chi connectivity index (χ0n) is 39.3. The van der Waals surface area contributed by atoms with Crippen LogP contribution in [0.25, 0.3) is 0 Å². The highest BCUT2D eigenvalue weighted by Gasteiger charge is 2.63. The van der Waals surface area contributed by atoms with Crippen molar-refractivity contribution in [2.45, 2.75) is 141 Å². The van der Waals surface area contributed by atoms with Gasteiger partial charge in [-0.2, -0.15) is 0 Å². The van der Waals surface area contributed by atoms with Gasteiger partial charge in [0.1, 0.15) is 0 Å². The van der Waals surface area contributed by atoms with Crippen LogP contribution in [-0.4, -0.2) is 12.3 Å². The Morgan fingerprint density at radius 1 is 0.435 bits per heavy atom. The minimum atomic E-state index is -0.0428. The van der Waals surface area contributed by atoms with Gasteiger partial charge in [0.15, 0.2) is 0 Å². The third kappa shape index (κ3) is 5.37. The number of para-hydroxylation sites is 2. The highest BCUT2D eigenvalue weighted by Crippen LogP contribution is 2.65. The molecule has 3 heterocycles. The Morgan fingerprint density at radius 2 is 1.02 bits per heavy atom. The summed E-state index contributed by atoms with van der Waals surface area (Å²) < 4.78 is 0. The van der Waals surface area contributed by atoms with Gasteiger partial charge >= 0.3 is 0 Å². The molecule has 6 aromatic rings. The van der Waals surface area contributed by atoms with Crippen molar-refractivity contribution in [3.63, 3.8) is 0 Å². The summed E-state index contributed by atoms with van der Waals surface area (Å²) in [4.78, 5) is 8.05. The molecule has 11 rings (SSSR count). The first-order chi connectivity index (χ1) is 29.2. The SMILES string of the molecule is CC(C)(C)c1cccc(N2c3cc(C(C)(C)C)ccc3B3c4cc5c(cc4N(c4ccccc4)c4cc(N6c7ccccc7C7(C)CCC67C)cc2c43)C(C)(C)CCC5(C)C)c1. The van der Waals surface area contributed by atoms with Crippen LogP contribution in [0.3, 0.4) is 0 Å². The summed E-state index contributed by atoms with van der Waals surface area (Å²) in [6, 6.07) is 47.9. The van der Waals surface area contributed by atoms with Crippen molar-refractivity contribution in [3.05, 3.63) is 149 Å². The zero-order chi connectivity index (χ0) is 43.5. The minimum absolute atomic E-state index is 0.00303. The van der Waals surface area contributed by atoms with Crippen LogP contribution < -0.4 is 31.1 Å². The van der Waals surface area contributed by atoms with E-state index in [2.05, 4.69) is 219 Å². The lowest BCUT2D eigenvalue weighted by Crippen LogP contribution is -2.62. The number of benzene rings is 6. The van der Waals surface area contributed by atoms with E-state index in [-0.39, 0.29) is 39.3 Å². The van der Waals surface area contributed by atoms with E-state index in [0.29, 0.717) is 0 Å². The van der Waals surface area contributed by atoms with Gasteiger partial charge in [0.05, 0.1) is 5.54 Å². The molecule has 0 radical (unpaired) electrons. The molecule has 3 aliphatic heterocycles. The number of rotatable bonds is 3. The fourth-order valence-electron chi connectivity index (χ4n) is 12.3. The standard InChI is InChI=1S/C58H64BN3/c1-53(2,3)37-19-18-22-40(31-37)61-48-32-38(54(4,5)6)25-26-45(48)59-46-35-43-44(56(9,10)28-27-55(43,7)8)36-49(46)60(39-20-14-13-15-21-39)50-33-41(34-51(61)52(50)59)62-47-24-17-16-23-42(47)57(11)29-30-58(57,62)12/h13-26,31-36H,27-30H2,1-12H3. The van der Waals surface area contributed by atoms with Gasteiger partial charge in [-0.25, -0.2) is 0 Å². The average molecular weight is 814 g/mol. The first-order valence-corrected chi connectivity index (χ1v) is 23.4. The van der Waals surface area contributed by atoms with E-state index in [1.165, 1.54) is 109 Å². The maximum absolute atomic E-state index is 2.75. The predicted molar refractivity (Wildman–Crippen MR) is 267 cm³/mol. The van der Waals surface area contributed by atoms with Gasteiger partial charge in [-0.15, -0.1) is 0 Å². The Hall–Kier alpha value is -5.22. The molecule has 0 bridgehead atoms. The molecule has 0 spiro atoms. The molecular formula is C58H64BN3. The summed E-state index contributed by atoms with van der Waals surface area (Å²) in [6.45, 7) is 29.1. The Kier molecular flexibility index (Phi) is 8.12. The van der Waals surface area contributed by atoms with Crippen LogP contribution in [0.2, 0.25) is 0 Å². The zero-order valence-corrected chi connectivity index (χ0v) is 39.3. The van der Waals surface area contributed by atoms with Crippen LogP contribution in [0, 0.1) is 0 Å². The van der Waals surface area contributed by atoms with Crippen molar-refractivity contribution >= 4 is 68.6 Å². The molecule has 5 aliphatic rings. The molecule has 6 aromatic carbocycles. The summed E-state index contributed by atoms with van der Waals surface area (Å²) >= 11 is 0. The molecule has 2 aliphatic carbocycles. The van der Waals surface area contributed by atoms with Crippen molar-refractivity contribution in [3.8, 4) is 0 Å². The van der Waals surface area contributed by atoms with Gasteiger partial charge in [0, 0.05) is 50.9 Å². The fraction of sp³-hybridized carbons (Fsp3) is 0.379. The number of fused-ring (bicyclic) bond motifs is 8. The highest BCUT2D eigenvalue weighted by atomic mass is 15.3. The number of hydrogen-bond acceptors (Lipinski definition) is 3. The molecule has 0 N–H and O–H groups in total. The molecule has 1 saturated carbocycles. The second-order valence-corrected chi connectivity index (χ2v) is 23.3. The molecule has 3 nitrogen and oxygen atoms in total. The van der Waals surface area contributed by atoms with Gasteiger partial charge in [0.2, 0.25) is 0 Å². The first kappa shape index (κ1) is 39.6. The van der Waals surface area contributed by atoms with E-state index < -0.39 is 0 Å². The van der Waals surface area contributed by atoms with Crippen LogP contribution in [0.1, 0.15) is 137 Å². The predicted octanol–water partition coefficient (Wildman–Crippen LogP) is 13.7.